The summed E-state index contributed by atoms with van der Waals surface area (Å²) in [6.07, 6.45) is 4.77. The molecule has 1 aromatic heterocycles. The summed E-state index contributed by atoms with van der Waals surface area (Å²) in [6, 6.07) is 15.9. The van der Waals surface area contributed by atoms with Gasteiger partial charge in [-0.05, 0) is 48.9 Å². The SMILES string of the molecule is O=C(Cc1ccc2c(c1)OCCO2)N(Cc1ccccc1)c1nc2c(s1)CCCC2. The maximum atomic E-state index is 13.4. The third-order valence-corrected chi connectivity index (χ3v) is 6.69. The van der Waals surface area contributed by atoms with E-state index in [0.29, 0.717) is 31.9 Å². The molecule has 0 saturated carbocycles. The van der Waals surface area contributed by atoms with Crippen molar-refractivity contribution in [3.05, 3.63) is 70.2 Å². The Balaban J connectivity index is 1.42. The van der Waals surface area contributed by atoms with Crippen molar-refractivity contribution < 1.29 is 14.3 Å². The summed E-state index contributed by atoms with van der Waals surface area (Å²) < 4.78 is 11.3. The van der Waals surface area contributed by atoms with Gasteiger partial charge in [0.15, 0.2) is 16.6 Å². The van der Waals surface area contributed by atoms with Crippen LogP contribution >= 0.6 is 11.3 Å². The van der Waals surface area contributed by atoms with Gasteiger partial charge in [0, 0.05) is 4.88 Å². The van der Waals surface area contributed by atoms with E-state index in [2.05, 4.69) is 12.1 Å². The molecule has 0 radical (unpaired) electrons. The molecule has 2 aromatic carbocycles. The van der Waals surface area contributed by atoms with E-state index in [-0.39, 0.29) is 5.91 Å². The molecule has 0 spiro atoms. The first-order valence-electron chi connectivity index (χ1n) is 10.5. The van der Waals surface area contributed by atoms with Crippen LogP contribution < -0.4 is 14.4 Å². The second kappa shape index (κ2) is 8.48. The molecule has 154 valence electrons. The maximum Gasteiger partial charge on any atom is 0.233 e. The van der Waals surface area contributed by atoms with Crippen LogP contribution in [0.25, 0.3) is 0 Å². The Bertz CT molecular complexity index is 1020. The number of fused-ring (bicyclic) bond motifs is 2. The Morgan fingerprint density at radius 1 is 0.967 bits per heavy atom. The molecule has 1 aliphatic heterocycles. The number of ether oxygens (including phenoxy) is 2. The lowest BCUT2D eigenvalue weighted by molar-refractivity contribution is -0.118. The van der Waals surface area contributed by atoms with Gasteiger partial charge in [0.1, 0.15) is 13.2 Å². The van der Waals surface area contributed by atoms with Crippen molar-refractivity contribution in [2.45, 2.75) is 38.6 Å². The van der Waals surface area contributed by atoms with Gasteiger partial charge in [0.25, 0.3) is 0 Å². The highest BCUT2D eigenvalue weighted by molar-refractivity contribution is 7.15. The number of aromatic nitrogens is 1. The van der Waals surface area contributed by atoms with Crippen LogP contribution in [0.4, 0.5) is 5.13 Å². The summed E-state index contributed by atoms with van der Waals surface area (Å²) in [5.41, 5.74) is 3.19. The number of amides is 1. The molecule has 3 aromatic rings. The van der Waals surface area contributed by atoms with E-state index in [1.54, 1.807) is 11.3 Å². The number of hydrogen-bond donors (Lipinski definition) is 0. The molecule has 2 heterocycles. The minimum atomic E-state index is 0.0432. The predicted octanol–water partition coefficient (Wildman–Crippen LogP) is 4.57. The number of aryl methyl sites for hydroxylation is 2. The lowest BCUT2D eigenvalue weighted by atomic mass is 10.0. The highest BCUT2D eigenvalue weighted by atomic mass is 32.1. The first kappa shape index (κ1) is 19.1. The van der Waals surface area contributed by atoms with Crippen molar-refractivity contribution >= 4 is 22.4 Å². The smallest absolute Gasteiger partial charge is 0.233 e. The van der Waals surface area contributed by atoms with Gasteiger partial charge in [-0.1, -0.05) is 36.4 Å². The van der Waals surface area contributed by atoms with Crippen molar-refractivity contribution in [3.8, 4) is 11.5 Å². The highest BCUT2D eigenvalue weighted by Crippen LogP contribution is 2.34. The average Bonchev–Trinajstić information content (AvgIpc) is 3.22. The molecule has 5 rings (SSSR count). The zero-order chi connectivity index (χ0) is 20.3. The third-order valence-electron chi connectivity index (χ3n) is 5.51. The molecule has 0 saturated heterocycles. The zero-order valence-corrected chi connectivity index (χ0v) is 17.6. The van der Waals surface area contributed by atoms with Crippen LogP contribution in [0.1, 0.15) is 34.5 Å². The summed E-state index contributed by atoms with van der Waals surface area (Å²) in [7, 11) is 0. The fourth-order valence-corrected chi connectivity index (χ4v) is 5.11. The number of nitrogens with zero attached hydrogens (tertiary/aromatic N) is 2. The second-order valence-corrected chi connectivity index (χ2v) is 8.76. The Hall–Kier alpha value is -2.86. The normalized spacial score (nSPS) is 14.8. The van der Waals surface area contributed by atoms with Crippen molar-refractivity contribution in [3.63, 3.8) is 0 Å². The second-order valence-electron chi connectivity index (χ2n) is 7.69. The van der Waals surface area contributed by atoms with Gasteiger partial charge in [0.05, 0.1) is 18.7 Å². The Morgan fingerprint density at radius 2 is 1.77 bits per heavy atom. The van der Waals surface area contributed by atoms with Gasteiger partial charge in [-0.3, -0.25) is 9.69 Å². The van der Waals surface area contributed by atoms with Gasteiger partial charge < -0.3 is 9.47 Å². The van der Waals surface area contributed by atoms with Gasteiger partial charge in [0.2, 0.25) is 5.91 Å². The molecule has 0 atom stereocenters. The van der Waals surface area contributed by atoms with Gasteiger partial charge >= 0.3 is 0 Å². The van der Waals surface area contributed by atoms with E-state index in [0.717, 1.165) is 34.8 Å². The molecule has 6 heteroatoms. The minimum Gasteiger partial charge on any atom is -0.486 e. The first-order chi connectivity index (χ1) is 14.8. The number of benzene rings is 2. The number of thiazole rings is 1. The molecular formula is C24H24N2O3S. The van der Waals surface area contributed by atoms with E-state index in [9.17, 15) is 4.79 Å². The lowest BCUT2D eigenvalue weighted by Crippen LogP contribution is -2.31. The Morgan fingerprint density at radius 3 is 2.60 bits per heavy atom. The van der Waals surface area contributed by atoms with Gasteiger partial charge in [-0.15, -0.1) is 11.3 Å². The number of hydrogen-bond acceptors (Lipinski definition) is 5. The van der Waals surface area contributed by atoms with E-state index in [1.165, 1.54) is 23.4 Å². The summed E-state index contributed by atoms with van der Waals surface area (Å²) in [6.45, 7) is 1.62. The van der Waals surface area contributed by atoms with Crippen molar-refractivity contribution in [1.29, 1.82) is 0 Å². The summed E-state index contributed by atoms with van der Waals surface area (Å²) in [5, 5.41) is 0.813. The fourth-order valence-electron chi connectivity index (χ4n) is 3.95. The van der Waals surface area contributed by atoms with E-state index >= 15 is 0 Å². The standard InChI is InChI=1S/C24H24N2O3S/c27-23(15-18-10-11-20-21(14-18)29-13-12-28-20)26(16-17-6-2-1-3-7-17)24-25-19-8-4-5-9-22(19)30-24/h1-3,6-7,10-11,14H,4-5,8-9,12-13,15-16H2. The molecule has 0 fully saturated rings. The lowest BCUT2D eigenvalue weighted by Gasteiger charge is -2.21. The molecule has 5 nitrogen and oxygen atoms in total. The summed E-state index contributed by atoms with van der Waals surface area (Å²) >= 11 is 1.67. The van der Waals surface area contributed by atoms with Crippen LogP contribution in [0.15, 0.2) is 48.5 Å². The van der Waals surface area contributed by atoms with E-state index in [1.807, 2.05) is 41.3 Å². The highest BCUT2D eigenvalue weighted by Gasteiger charge is 2.24. The maximum absolute atomic E-state index is 13.4. The third kappa shape index (κ3) is 4.05. The molecule has 0 N–H and O–H groups in total. The van der Waals surface area contributed by atoms with Crippen LogP contribution in [0.5, 0.6) is 11.5 Å². The minimum absolute atomic E-state index is 0.0432. The fraction of sp³-hybridized carbons (Fsp3) is 0.333. The zero-order valence-electron chi connectivity index (χ0n) is 16.8. The Kier molecular flexibility index (Phi) is 5.41. The van der Waals surface area contributed by atoms with Crippen LogP contribution in [0, 0.1) is 0 Å². The molecule has 1 amide bonds. The van der Waals surface area contributed by atoms with E-state index < -0.39 is 0 Å². The molecule has 2 aliphatic rings. The molecule has 0 bridgehead atoms. The predicted molar refractivity (Wildman–Crippen MR) is 118 cm³/mol. The molecule has 1 aliphatic carbocycles. The van der Waals surface area contributed by atoms with Crippen LogP contribution in [0.2, 0.25) is 0 Å². The largest absolute Gasteiger partial charge is 0.486 e. The molecule has 0 unspecified atom stereocenters. The summed E-state index contributed by atoms with van der Waals surface area (Å²) in [4.78, 5) is 21.5. The quantitative estimate of drug-likeness (QED) is 0.607. The molecular weight excluding hydrogens is 396 g/mol. The molecule has 30 heavy (non-hydrogen) atoms. The van der Waals surface area contributed by atoms with Gasteiger partial charge in [-0.2, -0.15) is 0 Å². The van der Waals surface area contributed by atoms with Crippen LogP contribution in [-0.4, -0.2) is 24.1 Å². The van der Waals surface area contributed by atoms with Crippen molar-refractivity contribution in [1.82, 2.24) is 4.98 Å². The van der Waals surface area contributed by atoms with E-state index in [4.69, 9.17) is 14.5 Å². The van der Waals surface area contributed by atoms with Crippen LogP contribution in [0.3, 0.4) is 0 Å². The van der Waals surface area contributed by atoms with Crippen molar-refractivity contribution in [2.24, 2.45) is 0 Å². The first-order valence-corrected chi connectivity index (χ1v) is 11.3. The monoisotopic (exact) mass is 420 g/mol. The Labute approximate surface area is 180 Å². The number of anilines is 1. The number of carbonyl (C=O) groups excluding carboxylic acids is 1. The van der Waals surface area contributed by atoms with Crippen molar-refractivity contribution in [2.75, 3.05) is 18.1 Å². The average molecular weight is 421 g/mol. The van der Waals surface area contributed by atoms with Crippen LogP contribution in [-0.2, 0) is 30.6 Å². The number of carbonyl (C=O) groups is 1. The number of rotatable bonds is 5. The summed E-state index contributed by atoms with van der Waals surface area (Å²) in [5.74, 6) is 1.50. The topological polar surface area (TPSA) is 51.7 Å². The van der Waals surface area contributed by atoms with Gasteiger partial charge in [-0.25, -0.2) is 4.98 Å².